The number of hydrogen-bond acceptors (Lipinski definition) is 3. The summed E-state index contributed by atoms with van der Waals surface area (Å²) in [6.07, 6.45) is 0. The van der Waals surface area contributed by atoms with Crippen molar-refractivity contribution in [3.05, 3.63) is 83.4 Å². The molecule has 0 saturated carbocycles. The molecule has 4 rings (SSSR count). The van der Waals surface area contributed by atoms with Crippen LogP contribution in [0.25, 0.3) is 10.8 Å². The predicted octanol–water partition coefficient (Wildman–Crippen LogP) is 4.07. The van der Waals surface area contributed by atoms with Crippen LogP contribution in [0.4, 0.5) is 0 Å². The van der Waals surface area contributed by atoms with Gasteiger partial charge < -0.3 is 4.74 Å². The number of carbonyl (C=O) groups is 1. The molecule has 1 unspecified atom stereocenters. The average molecular weight is 317 g/mol. The minimum Gasteiger partial charge on any atom is -0.468 e. The lowest BCUT2D eigenvalue weighted by atomic mass is 9.98. The third kappa shape index (κ3) is 2.47. The Kier molecular flexibility index (Phi) is 3.79. The monoisotopic (exact) mass is 317 g/mol. The van der Waals surface area contributed by atoms with Gasteiger partial charge in [-0.1, -0.05) is 66.7 Å². The highest BCUT2D eigenvalue weighted by atomic mass is 16.5. The zero-order valence-electron chi connectivity index (χ0n) is 13.6. The maximum absolute atomic E-state index is 12.4. The molecule has 120 valence electrons. The third-order valence-corrected chi connectivity index (χ3v) is 4.75. The van der Waals surface area contributed by atoms with Crippen molar-refractivity contribution in [3.63, 3.8) is 0 Å². The van der Waals surface area contributed by atoms with Crippen LogP contribution in [0.1, 0.15) is 22.7 Å². The molecule has 0 fully saturated rings. The van der Waals surface area contributed by atoms with Crippen molar-refractivity contribution in [3.8, 4) is 0 Å². The van der Waals surface area contributed by atoms with Gasteiger partial charge in [-0.3, -0.25) is 4.90 Å². The third-order valence-electron chi connectivity index (χ3n) is 4.75. The van der Waals surface area contributed by atoms with Crippen LogP contribution in [0.5, 0.6) is 0 Å². The van der Waals surface area contributed by atoms with Gasteiger partial charge in [0.05, 0.1) is 7.11 Å². The van der Waals surface area contributed by atoms with Crippen molar-refractivity contribution in [2.75, 3.05) is 7.11 Å². The minimum absolute atomic E-state index is 0.194. The number of methoxy groups -OCH3 is 1. The number of benzene rings is 3. The first-order chi connectivity index (χ1) is 11.8. The molecule has 3 nitrogen and oxygen atoms in total. The quantitative estimate of drug-likeness (QED) is 0.682. The van der Waals surface area contributed by atoms with Gasteiger partial charge in [0, 0.05) is 13.1 Å². The van der Waals surface area contributed by atoms with E-state index in [1.807, 2.05) is 24.3 Å². The standard InChI is InChI=1S/C21H19NO2/c1-24-21(23)20-18-12-11-16-9-5-6-10-17(16)19(18)14-22(20)13-15-7-3-2-4-8-15/h2-12,20H,13-14H2,1H3. The molecule has 1 aliphatic heterocycles. The first kappa shape index (κ1) is 14.9. The lowest BCUT2D eigenvalue weighted by Crippen LogP contribution is -2.28. The van der Waals surface area contributed by atoms with Crippen molar-refractivity contribution in [1.29, 1.82) is 0 Å². The van der Waals surface area contributed by atoms with E-state index in [9.17, 15) is 4.79 Å². The number of rotatable bonds is 3. The maximum Gasteiger partial charge on any atom is 0.327 e. The Morgan fingerprint density at radius 3 is 2.58 bits per heavy atom. The molecule has 1 atom stereocenters. The van der Waals surface area contributed by atoms with Crippen LogP contribution in [-0.2, 0) is 22.6 Å². The van der Waals surface area contributed by atoms with E-state index in [2.05, 4.69) is 47.4 Å². The molecule has 0 aromatic heterocycles. The Hall–Kier alpha value is -2.65. The fourth-order valence-corrected chi connectivity index (χ4v) is 3.63. The van der Waals surface area contributed by atoms with Crippen molar-refractivity contribution in [2.45, 2.75) is 19.1 Å². The first-order valence-corrected chi connectivity index (χ1v) is 8.14. The van der Waals surface area contributed by atoms with Gasteiger partial charge in [0.1, 0.15) is 6.04 Å². The minimum atomic E-state index is -0.338. The molecule has 0 N–H and O–H groups in total. The molecule has 1 heterocycles. The smallest absolute Gasteiger partial charge is 0.327 e. The molecule has 0 radical (unpaired) electrons. The topological polar surface area (TPSA) is 29.5 Å². The van der Waals surface area contributed by atoms with Crippen LogP contribution in [0, 0.1) is 0 Å². The van der Waals surface area contributed by atoms with Gasteiger partial charge in [-0.2, -0.15) is 0 Å². The summed E-state index contributed by atoms with van der Waals surface area (Å²) in [7, 11) is 1.46. The predicted molar refractivity (Wildman–Crippen MR) is 94.4 cm³/mol. The van der Waals surface area contributed by atoms with E-state index in [-0.39, 0.29) is 12.0 Å². The zero-order chi connectivity index (χ0) is 16.5. The second-order valence-electron chi connectivity index (χ2n) is 6.17. The van der Waals surface area contributed by atoms with Gasteiger partial charge in [-0.05, 0) is 27.5 Å². The van der Waals surface area contributed by atoms with E-state index >= 15 is 0 Å². The van der Waals surface area contributed by atoms with Gasteiger partial charge in [0.2, 0.25) is 0 Å². The number of ether oxygens (including phenoxy) is 1. The highest BCUT2D eigenvalue weighted by Gasteiger charge is 2.37. The second kappa shape index (κ2) is 6.10. The van der Waals surface area contributed by atoms with E-state index < -0.39 is 0 Å². The number of fused-ring (bicyclic) bond motifs is 3. The SMILES string of the molecule is COC(=O)C1c2ccc3ccccc3c2CN1Cc1ccccc1. The Balaban J connectivity index is 1.78. The van der Waals surface area contributed by atoms with E-state index in [0.717, 1.165) is 18.7 Å². The van der Waals surface area contributed by atoms with Crippen molar-refractivity contribution >= 4 is 16.7 Å². The Morgan fingerprint density at radius 1 is 1.04 bits per heavy atom. The van der Waals surface area contributed by atoms with Crippen LogP contribution < -0.4 is 0 Å². The Morgan fingerprint density at radius 2 is 1.79 bits per heavy atom. The van der Waals surface area contributed by atoms with Crippen molar-refractivity contribution < 1.29 is 9.53 Å². The molecule has 0 amide bonds. The summed E-state index contributed by atoms with van der Waals surface area (Å²) in [6.45, 7) is 1.48. The molecule has 0 bridgehead atoms. The molecule has 3 aromatic rings. The molecule has 0 aliphatic carbocycles. The van der Waals surface area contributed by atoms with E-state index in [4.69, 9.17) is 4.74 Å². The summed E-state index contributed by atoms with van der Waals surface area (Å²) in [5.41, 5.74) is 3.50. The van der Waals surface area contributed by atoms with Gasteiger partial charge >= 0.3 is 5.97 Å². The average Bonchev–Trinajstić information content (AvgIpc) is 3.00. The van der Waals surface area contributed by atoms with Crippen LogP contribution in [0.3, 0.4) is 0 Å². The van der Waals surface area contributed by atoms with E-state index in [1.165, 1.54) is 29.0 Å². The van der Waals surface area contributed by atoms with Crippen LogP contribution in [-0.4, -0.2) is 18.0 Å². The molecular weight excluding hydrogens is 298 g/mol. The van der Waals surface area contributed by atoms with Crippen molar-refractivity contribution in [1.82, 2.24) is 4.90 Å². The molecular formula is C21H19NO2. The number of nitrogens with zero attached hydrogens (tertiary/aromatic N) is 1. The Bertz CT molecular complexity index is 889. The highest BCUT2D eigenvalue weighted by Crippen LogP contribution is 2.39. The Labute approximate surface area is 141 Å². The van der Waals surface area contributed by atoms with E-state index in [1.54, 1.807) is 0 Å². The van der Waals surface area contributed by atoms with Gasteiger partial charge in [0.25, 0.3) is 0 Å². The second-order valence-corrected chi connectivity index (χ2v) is 6.17. The molecule has 0 spiro atoms. The summed E-state index contributed by atoms with van der Waals surface area (Å²) < 4.78 is 5.09. The van der Waals surface area contributed by atoms with Crippen LogP contribution in [0.2, 0.25) is 0 Å². The summed E-state index contributed by atoms with van der Waals surface area (Å²) in [6, 6.07) is 22.4. The normalized spacial score (nSPS) is 17.0. The van der Waals surface area contributed by atoms with Crippen LogP contribution >= 0.6 is 0 Å². The van der Waals surface area contributed by atoms with Crippen molar-refractivity contribution in [2.24, 2.45) is 0 Å². The molecule has 0 saturated heterocycles. The summed E-state index contributed by atoms with van der Waals surface area (Å²) in [5, 5.41) is 2.43. The maximum atomic E-state index is 12.4. The molecule has 24 heavy (non-hydrogen) atoms. The zero-order valence-corrected chi connectivity index (χ0v) is 13.6. The van der Waals surface area contributed by atoms with Crippen LogP contribution in [0.15, 0.2) is 66.7 Å². The summed E-state index contributed by atoms with van der Waals surface area (Å²) in [4.78, 5) is 14.6. The summed E-state index contributed by atoms with van der Waals surface area (Å²) >= 11 is 0. The molecule has 3 heteroatoms. The van der Waals surface area contributed by atoms with Gasteiger partial charge in [-0.25, -0.2) is 4.79 Å². The first-order valence-electron chi connectivity index (χ1n) is 8.14. The lowest BCUT2D eigenvalue weighted by Gasteiger charge is -2.22. The highest BCUT2D eigenvalue weighted by molar-refractivity contribution is 5.90. The molecule has 3 aromatic carbocycles. The largest absolute Gasteiger partial charge is 0.468 e. The lowest BCUT2D eigenvalue weighted by molar-refractivity contribution is -0.147. The van der Waals surface area contributed by atoms with Gasteiger partial charge in [0.15, 0.2) is 0 Å². The molecule has 1 aliphatic rings. The van der Waals surface area contributed by atoms with Gasteiger partial charge in [-0.15, -0.1) is 0 Å². The number of hydrogen-bond donors (Lipinski definition) is 0. The number of esters is 1. The van der Waals surface area contributed by atoms with E-state index in [0.29, 0.717) is 0 Å². The summed E-state index contributed by atoms with van der Waals surface area (Å²) in [5.74, 6) is -0.194. The fraction of sp³-hybridized carbons (Fsp3) is 0.190. The fourth-order valence-electron chi connectivity index (χ4n) is 3.63. The number of carbonyl (C=O) groups excluding carboxylic acids is 1.